The first-order valence-corrected chi connectivity index (χ1v) is 10.2. The predicted molar refractivity (Wildman–Crippen MR) is 122 cm³/mol. The summed E-state index contributed by atoms with van der Waals surface area (Å²) in [7, 11) is 3.23. The molecule has 0 bridgehead atoms. The molecular formula is C27H23FO3. The molecule has 0 saturated carbocycles. The van der Waals surface area contributed by atoms with Crippen molar-refractivity contribution in [2.45, 2.75) is 19.3 Å². The summed E-state index contributed by atoms with van der Waals surface area (Å²) in [5, 5.41) is 12.4. The Hall–Kier alpha value is -3.53. The van der Waals surface area contributed by atoms with Crippen LogP contribution in [0.4, 0.5) is 4.39 Å². The third-order valence-corrected chi connectivity index (χ3v) is 6.44. The molecule has 0 saturated heterocycles. The highest BCUT2D eigenvalue weighted by atomic mass is 19.1. The monoisotopic (exact) mass is 414 g/mol. The maximum Gasteiger partial charge on any atom is 0.169 e. The van der Waals surface area contributed by atoms with E-state index in [1.165, 1.54) is 12.1 Å². The third kappa shape index (κ3) is 2.71. The van der Waals surface area contributed by atoms with E-state index >= 15 is 0 Å². The Morgan fingerprint density at radius 1 is 0.806 bits per heavy atom. The molecule has 0 unspecified atom stereocenters. The third-order valence-electron chi connectivity index (χ3n) is 6.44. The number of hydrogen-bond acceptors (Lipinski definition) is 3. The molecule has 4 aromatic rings. The lowest BCUT2D eigenvalue weighted by Gasteiger charge is -2.23. The summed E-state index contributed by atoms with van der Waals surface area (Å²) < 4.78 is 24.7. The molecular weight excluding hydrogens is 391 g/mol. The van der Waals surface area contributed by atoms with Crippen LogP contribution in [-0.2, 0) is 5.41 Å². The van der Waals surface area contributed by atoms with Gasteiger partial charge in [0, 0.05) is 16.2 Å². The van der Waals surface area contributed by atoms with E-state index in [2.05, 4.69) is 32.0 Å². The molecule has 0 amide bonds. The number of halogens is 1. The lowest BCUT2D eigenvalue weighted by atomic mass is 9.81. The number of aromatic hydroxyl groups is 1. The van der Waals surface area contributed by atoms with Crippen molar-refractivity contribution in [1.82, 2.24) is 0 Å². The number of fused-ring (bicyclic) bond motifs is 5. The largest absolute Gasteiger partial charge is 0.507 e. The van der Waals surface area contributed by atoms with Gasteiger partial charge in [0.1, 0.15) is 11.6 Å². The van der Waals surface area contributed by atoms with Crippen LogP contribution in [0.2, 0.25) is 0 Å². The molecule has 156 valence electrons. The van der Waals surface area contributed by atoms with Crippen LogP contribution in [0.5, 0.6) is 17.2 Å². The van der Waals surface area contributed by atoms with Gasteiger partial charge in [-0.25, -0.2) is 4.39 Å². The molecule has 0 spiro atoms. The van der Waals surface area contributed by atoms with Gasteiger partial charge in [-0.1, -0.05) is 38.1 Å². The van der Waals surface area contributed by atoms with Crippen molar-refractivity contribution < 1.29 is 19.0 Å². The summed E-state index contributed by atoms with van der Waals surface area (Å²) in [6.45, 7) is 4.31. The van der Waals surface area contributed by atoms with Crippen molar-refractivity contribution in [2.24, 2.45) is 0 Å². The molecule has 1 N–H and O–H groups in total. The van der Waals surface area contributed by atoms with E-state index in [-0.39, 0.29) is 17.0 Å². The molecule has 0 heterocycles. The summed E-state index contributed by atoms with van der Waals surface area (Å²) in [6.07, 6.45) is 0. The maximum absolute atomic E-state index is 13.4. The van der Waals surface area contributed by atoms with Gasteiger partial charge >= 0.3 is 0 Å². The van der Waals surface area contributed by atoms with Gasteiger partial charge in [-0.05, 0) is 69.8 Å². The van der Waals surface area contributed by atoms with Crippen molar-refractivity contribution in [3.8, 4) is 39.5 Å². The van der Waals surface area contributed by atoms with Crippen LogP contribution in [-0.4, -0.2) is 19.3 Å². The summed E-state index contributed by atoms with van der Waals surface area (Å²) in [4.78, 5) is 0. The number of methoxy groups -OCH3 is 2. The highest BCUT2D eigenvalue weighted by molar-refractivity contribution is 6.09. The van der Waals surface area contributed by atoms with Crippen molar-refractivity contribution in [3.63, 3.8) is 0 Å². The van der Waals surface area contributed by atoms with Gasteiger partial charge in [0.05, 0.1) is 14.2 Å². The lowest BCUT2D eigenvalue weighted by Crippen LogP contribution is -2.15. The van der Waals surface area contributed by atoms with E-state index in [1.54, 1.807) is 26.4 Å². The fourth-order valence-electron chi connectivity index (χ4n) is 4.83. The number of phenolic OH excluding ortho intramolecular Hbond substituents is 1. The van der Waals surface area contributed by atoms with Gasteiger partial charge in [-0.15, -0.1) is 0 Å². The first kappa shape index (κ1) is 19.4. The Morgan fingerprint density at radius 2 is 1.52 bits per heavy atom. The second-order valence-corrected chi connectivity index (χ2v) is 8.43. The van der Waals surface area contributed by atoms with E-state index in [0.29, 0.717) is 11.5 Å². The van der Waals surface area contributed by atoms with Crippen LogP contribution in [0.15, 0.2) is 60.7 Å². The number of ether oxygens (including phenoxy) is 2. The first-order valence-electron chi connectivity index (χ1n) is 10.2. The molecule has 0 aromatic heterocycles. The molecule has 1 aliphatic rings. The van der Waals surface area contributed by atoms with Crippen LogP contribution in [0.25, 0.3) is 33.0 Å². The molecule has 0 fully saturated rings. The predicted octanol–water partition coefficient (Wildman–Crippen LogP) is 6.68. The van der Waals surface area contributed by atoms with Crippen molar-refractivity contribution in [1.29, 1.82) is 0 Å². The molecule has 0 atom stereocenters. The molecule has 0 radical (unpaired) electrons. The molecule has 31 heavy (non-hydrogen) atoms. The van der Waals surface area contributed by atoms with Crippen LogP contribution >= 0.6 is 0 Å². The van der Waals surface area contributed by atoms with E-state index in [4.69, 9.17) is 9.47 Å². The van der Waals surface area contributed by atoms with Crippen molar-refractivity contribution in [2.75, 3.05) is 14.2 Å². The standard InChI is InChI=1S/C27H23FO3/c1-27(2)20-13-16(15-5-8-17(28)9-6-15)7-10-18(20)24-21(27)14-22(29)19-11-12-23(30-3)26(31-4)25(19)24/h5-14,29H,1-4H3. The van der Waals surface area contributed by atoms with Crippen LogP contribution in [0.3, 0.4) is 0 Å². The van der Waals surface area contributed by atoms with Gasteiger partial charge in [-0.2, -0.15) is 0 Å². The minimum atomic E-state index is -0.333. The SMILES string of the molecule is COc1ccc2c(O)cc3c(c2c1OC)-c1ccc(-c2ccc(F)cc2)cc1C3(C)C. The van der Waals surface area contributed by atoms with Gasteiger partial charge in [0.25, 0.3) is 0 Å². The average Bonchev–Trinajstić information content (AvgIpc) is 2.99. The first-order chi connectivity index (χ1) is 14.9. The number of hydrogen-bond donors (Lipinski definition) is 1. The molecule has 3 nitrogen and oxygen atoms in total. The zero-order valence-corrected chi connectivity index (χ0v) is 17.9. The van der Waals surface area contributed by atoms with E-state index in [9.17, 15) is 9.50 Å². The summed E-state index contributed by atoms with van der Waals surface area (Å²) in [5.74, 6) is 1.20. The van der Waals surface area contributed by atoms with Gasteiger partial charge in [-0.3, -0.25) is 0 Å². The van der Waals surface area contributed by atoms with Crippen LogP contribution in [0.1, 0.15) is 25.0 Å². The second kappa shape index (κ2) is 6.74. The number of phenols is 1. The Labute approximate surface area is 180 Å². The van der Waals surface area contributed by atoms with Crippen LogP contribution in [0, 0.1) is 5.82 Å². The lowest BCUT2D eigenvalue weighted by molar-refractivity contribution is 0.358. The maximum atomic E-state index is 13.4. The topological polar surface area (TPSA) is 38.7 Å². The highest BCUT2D eigenvalue weighted by Crippen LogP contribution is 2.56. The quantitative estimate of drug-likeness (QED) is 0.407. The van der Waals surface area contributed by atoms with Gasteiger partial charge in [0.15, 0.2) is 11.5 Å². The summed E-state index contributed by atoms with van der Waals surface area (Å²) >= 11 is 0. The molecule has 1 aliphatic carbocycles. The number of rotatable bonds is 3. The normalized spacial score (nSPS) is 13.7. The van der Waals surface area contributed by atoms with Gasteiger partial charge in [0.2, 0.25) is 0 Å². The van der Waals surface area contributed by atoms with E-state index < -0.39 is 0 Å². The Bertz CT molecular complexity index is 1340. The fraction of sp³-hybridized carbons (Fsp3) is 0.185. The summed E-state index contributed by atoms with van der Waals surface area (Å²) in [6, 6.07) is 18.4. The highest BCUT2D eigenvalue weighted by Gasteiger charge is 2.38. The van der Waals surface area contributed by atoms with E-state index in [0.717, 1.165) is 44.2 Å². The van der Waals surface area contributed by atoms with Crippen molar-refractivity contribution in [3.05, 3.63) is 77.6 Å². The van der Waals surface area contributed by atoms with E-state index in [1.807, 2.05) is 18.2 Å². The molecule has 4 aromatic carbocycles. The van der Waals surface area contributed by atoms with Gasteiger partial charge < -0.3 is 14.6 Å². The number of benzene rings is 4. The molecule has 5 rings (SSSR count). The zero-order chi connectivity index (χ0) is 21.9. The Kier molecular flexibility index (Phi) is 4.23. The fourth-order valence-corrected chi connectivity index (χ4v) is 4.83. The smallest absolute Gasteiger partial charge is 0.169 e. The summed E-state index contributed by atoms with van der Waals surface area (Å²) in [5.41, 5.74) is 5.99. The molecule has 4 heteroatoms. The Balaban J connectivity index is 1.84. The van der Waals surface area contributed by atoms with Crippen molar-refractivity contribution >= 4 is 10.8 Å². The Morgan fingerprint density at radius 3 is 2.19 bits per heavy atom. The second-order valence-electron chi connectivity index (χ2n) is 8.43. The average molecular weight is 414 g/mol. The zero-order valence-electron chi connectivity index (χ0n) is 17.9. The van der Waals surface area contributed by atoms with Crippen LogP contribution < -0.4 is 9.47 Å². The minimum Gasteiger partial charge on any atom is -0.507 e. The minimum absolute atomic E-state index is 0.217. The molecule has 0 aliphatic heterocycles.